The van der Waals surface area contributed by atoms with E-state index in [1.54, 1.807) is 18.2 Å². The number of anilines is 1. The summed E-state index contributed by atoms with van der Waals surface area (Å²) in [6, 6.07) is 17.7. The molecule has 1 aliphatic rings. The Hall–Kier alpha value is -2.19. The van der Waals surface area contributed by atoms with Crippen LogP contribution in [0.1, 0.15) is 0 Å². The molecule has 0 amide bonds. The number of piperazine rings is 1. The molecule has 1 aromatic heterocycles. The Morgan fingerprint density at radius 1 is 0.793 bits per heavy atom. The van der Waals surface area contributed by atoms with Crippen molar-refractivity contribution in [2.75, 3.05) is 31.1 Å². The fraction of sp³-hybridized carbons (Fsp3) is 0.200. The van der Waals surface area contributed by atoms with Gasteiger partial charge in [-0.3, -0.25) is 0 Å². The Morgan fingerprint density at radius 3 is 2.10 bits per heavy atom. The zero-order valence-corrected chi connectivity index (χ0v) is 17.7. The van der Waals surface area contributed by atoms with Crippen LogP contribution in [-0.2, 0) is 10.0 Å². The first-order chi connectivity index (χ1) is 13.9. The van der Waals surface area contributed by atoms with Crippen LogP contribution in [0.2, 0.25) is 10.0 Å². The second kappa shape index (κ2) is 8.28. The summed E-state index contributed by atoms with van der Waals surface area (Å²) in [6.45, 7) is 1.76. The minimum absolute atomic E-state index is 0.141. The fourth-order valence-electron chi connectivity index (χ4n) is 3.22. The van der Waals surface area contributed by atoms with E-state index in [0.717, 1.165) is 17.1 Å². The summed E-state index contributed by atoms with van der Waals surface area (Å²) >= 11 is 12.0. The molecule has 1 fully saturated rings. The number of hydrogen-bond donors (Lipinski definition) is 0. The molecule has 0 unspecified atom stereocenters. The van der Waals surface area contributed by atoms with E-state index >= 15 is 0 Å². The zero-order valence-electron chi connectivity index (χ0n) is 15.4. The van der Waals surface area contributed by atoms with Gasteiger partial charge in [-0.1, -0.05) is 47.5 Å². The lowest BCUT2D eigenvalue weighted by molar-refractivity contribution is 0.383. The summed E-state index contributed by atoms with van der Waals surface area (Å²) in [6.07, 6.45) is 0. The minimum atomic E-state index is -3.62. The van der Waals surface area contributed by atoms with Crippen LogP contribution in [0, 0.1) is 0 Å². The average molecular weight is 449 g/mol. The van der Waals surface area contributed by atoms with Gasteiger partial charge in [0.25, 0.3) is 0 Å². The van der Waals surface area contributed by atoms with E-state index < -0.39 is 10.0 Å². The lowest BCUT2D eigenvalue weighted by Gasteiger charge is -2.34. The van der Waals surface area contributed by atoms with Crippen molar-refractivity contribution < 1.29 is 8.42 Å². The van der Waals surface area contributed by atoms with Gasteiger partial charge >= 0.3 is 0 Å². The highest BCUT2D eigenvalue weighted by Gasteiger charge is 2.30. The molecule has 2 aromatic carbocycles. The Balaban J connectivity index is 1.44. The third kappa shape index (κ3) is 4.23. The van der Waals surface area contributed by atoms with Gasteiger partial charge in [0, 0.05) is 36.8 Å². The molecule has 1 saturated heterocycles. The first-order valence-corrected chi connectivity index (χ1v) is 11.2. The number of benzene rings is 2. The van der Waals surface area contributed by atoms with Crippen molar-refractivity contribution in [1.82, 2.24) is 14.5 Å². The molecule has 0 aliphatic carbocycles. The summed E-state index contributed by atoms with van der Waals surface area (Å²) in [5, 5.41) is 9.52. The lowest BCUT2D eigenvalue weighted by Crippen LogP contribution is -2.49. The zero-order chi connectivity index (χ0) is 20.4. The smallest absolute Gasteiger partial charge is 0.244 e. The van der Waals surface area contributed by atoms with Crippen molar-refractivity contribution in [2.24, 2.45) is 0 Å². The quantitative estimate of drug-likeness (QED) is 0.603. The summed E-state index contributed by atoms with van der Waals surface area (Å²) in [5.41, 5.74) is 1.69. The molecule has 6 nitrogen and oxygen atoms in total. The van der Waals surface area contributed by atoms with E-state index in [0.29, 0.717) is 31.2 Å². The van der Waals surface area contributed by atoms with Gasteiger partial charge in [0.05, 0.1) is 10.7 Å². The van der Waals surface area contributed by atoms with Gasteiger partial charge in [0.15, 0.2) is 5.82 Å². The number of nitrogens with zero attached hydrogens (tertiary/aromatic N) is 4. The van der Waals surface area contributed by atoms with E-state index in [4.69, 9.17) is 23.2 Å². The van der Waals surface area contributed by atoms with Gasteiger partial charge in [0.1, 0.15) is 4.90 Å². The SMILES string of the molecule is O=S(=O)(c1ccccc1Cl)N1CCN(c2ccc(-c3ccc(Cl)cc3)nn2)CC1. The Kier molecular flexibility index (Phi) is 5.74. The summed E-state index contributed by atoms with van der Waals surface area (Å²) in [4.78, 5) is 2.17. The molecular weight excluding hydrogens is 431 g/mol. The highest BCUT2D eigenvalue weighted by molar-refractivity contribution is 7.89. The van der Waals surface area contributed by atoms with Gasteiger partial charge in [-0.2, -0.15) is 4.31 Å². The van der Waals surface area contributed by atoms with Gasteiger partial charge in [-0.15, -0.1) is 10.2 Å². The van der Waals surface area contributed by atoms with Crippen molar-refractivity contribution in [3.63, 3.8) is 0 Å². The van der Waals surface area contributed by atoms with Crippen molar-refractivity contribution in [2.45, 2.75) is 4.90 Å². The van der Waals surface area contributed by atoms with Crippen LogP contribution >= 0.6 is 23.2 Å². The molecule has 29 heavy (non-hydrogen) atoms. The maximum Gasteiger partial charge on any atom is 0.244 e. The minimum Gasteiger partial charge on any atom is -0.352 e. The molecule has 4 rings (SSSR count). The van der Waals surface area contributed by atoms with E-state index in [9.17, 15) is 8.42 Å². The van der Waals surface area contributed by atoms with E-state index in [2.05, 4.69) is 10.2 Å². The van der Waals surface area contributed by atoms with Crippen molar-refractivity contribution in [3.8, 4) is 11.3 Å². The standard InChI is InChI=1S/C20H18Cl2N4O2S/c21-16-7-5-15(6-8-16)18-9-10-20(24-23-18)25-11-13-26(14-12-25)29(27,28)19-4-2-1-3-17(19)22/h1-10H,11-14H2. The maximum absolute atomic E-state index is 12.9. The number of rotatable bonds is 4. The number of aromatic nitrogens is 2. The van der Waals surface area contributed by atoms with Gasteiger partial charge < -0.3 is 4.90 Å². The van der Waals surface area contributed by atoms with Crippen LogP contribution in [0.25, 0.3) is 11.3 Å². The molecule has 0 atom stereocenters. The molecule has 1 aliphatic heterocycles. The number of hydrogen-bond acceptors (Lipinski definition) is 5. The van der Waals surface area contributed by atoms with Crippen molar-refractivity contribution >= 4 is 39.0 Å². The highest BCUT2D eigenvalue weighted by atomic mass is 35.5. The van der Waals surface area contributed by atoms with E-state index in [1.807, 2.05) is 41.3 Å². The second-order valence-corrected chi connectivity index (χ2v) is 9.36. The first kappa shape index (κ1) is 20.1. The lowest BCUT2D eigenvalue weighted by atomic mass is 10.1. The van der Waals surface area contributed by atoms with Crippen LogP contribution in [0.3, 0.4) is 0 Å². The Morgan fingerprint density at radius 2 is 1.48 bits per heavy atom. The van der Waals surface area contributed by atoms with Crippen LogP contribution in [0.5, 0.6) is 0 Å². The fourth-order valence-corrected chi connectivity index (χ4v) is 5.26. The summed E-state index contributed by atoms with van der Waals surface area (Å²) in [7, 11) is -3.62. The number of halogens is 2. The second-order valence-electron chi connectivity index (χ2n) is 6.61. The Bertz CT molecular complexity index is 1100. The van der Waals surface area contributed by atoms with E-state index in [1.165, 1.54) is 10.4 Å². The normalized spacial score (nSPS) is 15.4. The van der Waals surface area contributed by atoms with Crippen LogP contribution in [0.15, 0.2) is 65.6 Å². The molecule has 3 aromatic rings. The average Bonchev–Trinajstić information content (AvgIpc) is 2.75. The Labute approximate surface area is 179 Å². The molecule has 0 spiro atoms. The first-order valence-electron chi connectivity index (χ1n) is 9.04. The predicted octanol–water partition coefficient (Wildman–Crippen LogP) is 3.96. The van der Waals surface area contributed by atoms with Gasteiger partial charge in [0.2, 0.25) is 10.0 Å². The van der Waals surface area contributed by atoms with Gasteiger partial charge in [-0.05, 0) is 36.4 Å². The summed E-state index contributed by atoms with van der Waals surface area (Å²) in [5.74, 6) is 0.720. The maximum atomic E-state index is 12.9. The molecule has 0 saturated carbocycles. The largest absolute Gasteiger partial charge is 0.352 e. The van der Waals surface area contributed by atoms with Crippen LogP contribution < -0.4 is 4.90 Å². The summed E-state index contributed by atoms with van der Waals surface area (Å²) < 4.78 is 27.2. The third-order valence-electron chi connectivity index (χ3n) is 4.81. The van der Waals surface area contributed by atoms with E-state index in [-0.39, 0.29) is 9.92 Å². The highest BCUT2D eigenvalue weighted by Crippen LogP contribution is 2.26. The van der Waals surface area contributed by atoms with Crippen LogP contribution in [0.4, 0.5) is 5.82 Å². The topological polar surface area (TPSA) is 66.4 Å². The molecular formula is C20H18Cl2N4O2S. The molecule has 2 heterocycles. The molecule has 0 radical (unpaired) electrons. The monoisotopic (exact) mass is 448 g/mol. The molecule has 150 valence electrons. The van der Waals surface area contributed by atoms with Gasteiger partial charge in [-0.25, -0.2) is 8.42 Å². The predicted molar refractivity (Wildman–Crippen MR) is 115 cm³/mol. The van der Waals surface area contributed by atoms with Crippen LogP contribution in [-0.4, -0.2) is 49.1 Å². The third-order valence-corrected chi connectivity index (χ3v) is 7.46. The van der Waals surface area contributed by atoms with Crippen molar-refractivity contribution in [3.05, 3.63) is 70.7 Å². The molecule has 0 N–H and O–H groups in total. The van der Waals surface area contributed by atoms with Crippen molar-refractivity contribution in [1.29, 1.82) is 0 Å². The molecule has 0 bridgehead atoms. The number of sulfonamides is 1. The molecule has 9 heteroatoms.